The summed E-state index contributed by atoms with van der Waals surface area (Å²) in [5, 5.41) is 20.5. The Balaban J connectivity index is 3.13. The molecule has 23 heavy (non-hydrogen) atoms. The quantitative estimate of drug-likeness (QED) is 0.571. The van der Waals surface area contributed by atoms with Crippen LogP contribution in [0.15, 0.2) is 36.0 Å². The fourth-order valence-electron chi connectivity index (χ4n) is 2.27. The summed E-state index contributed by atoms with van der Waals surface area (Å²) in [6, 6.07) is 0. The second kappa shape index (κ2) is 8.43. The van der Waals surface area contributed by atoms with E-state index >= 15 is 0 Å². The third-order valence-corrected chi connectivity index (χ3v) is 4.20. The van der Waals surface area contributed by atoms with E-state index < -0.39 is 23.8 Å². The van der Waals surface area contributed by atoms with Crippen LogP contribution in [0.25, 0.3) is 0 Å². The van der Waals surface area contributed by atoms with Crippen LogP contribution in [0.1, 0.15) is 34.1 Å². The molecule has 0 aromatic heterocycles. The number of aliphatic hydroxyl groups excluding tert-OH is 1. The summed E-state index contributed by atoms with van der Waals surface area (Å²) in [7, 11) is 1.58. The maximum absolute atomic E-state index is 11.8. The summed E-state index contributed by atoms with van der Waals surface area (Å²) >= 11 is 0. The number of carbonyl (C=O) groups is 1. The van der Waals surface area contributed by atoms with Crippen molar-refractivity contribution in [3.05, 3.63) is 36.0 Å². The van der Waals surface area contributed by atoms with Gasteiger partial charge in [-0.2, -0.15) is 0 Å². The fraction of sp³-hybridized carbons (Fsp3) is 0.611. The lowest BCUT2D eigenvalue weighted by Gasteiger charge is -2.25. The van der Waals surface area contributed by atoms with Gasteiger partial charge in [-0.05, 0) is 38.8 Å². The molecule has 5 atom stereocenters. The van der Waals surface area contributed by atoms with Crippen molar-refractivity contribution in [2.45, 2.75) is 58.0 Å². The van der Waals surface area contributed by atoms with Gasteiger partial charge < -0.3 is 19.7 Å². The smallest absolute Gasteiger partial charge is 0.330 e. The number of methoxy groups -OCH3 is 1. The SMILES string of the molecule is COC1C=CC(C)(O)C=CC(=O)OC(C)C(C)C(O)CC=C1C. The number of hydrogen-bond acceptors (Lipinski definition) is 5. The Morgan fingerprint density at radius 2 is 2.00 bits per heavy atom. The van der Waals surface area contributed by atoms with Crippen molar-refractivity contribution in [3.8, 4) is 0 Å². The summed E-state index contributed by atoms with van der Waals surface area (Å²) in [5.41, 5.74) is -0.342. The second-order valence-corrected chi connectivity index (χ2v) is 6.33. The summed E-state index contributed by atoms with van der Waals surface area (Å²) in [6.45, 7) is 7.07. The molecule has 5 unspecified atom stereocenters. The Kier molecular flexibility index (Phi) is 7.19. The Bertz CT molecular complexity index is 490. The highest BCUT2D eigenvalue weighted by Crippen LogP contribution is 2.19. The Morgan fingerprint density at radius 1 is 1.35 bits per heavy atom. The van der Waals surface area contributed by atoms with Crippen LogP contribution < -0.4 is 0 Å². The zero-order valence-electron chi connectivity index (χ0n) is 14.5. The lowest BCUT2D eigenvalue weighted by Crippen LogP contribution is -2.31. The van der Waals surface area contributed by atoms with Gasteiger partial charge in [-0.1, -0.05) is 25.2 Å². The van der Waals surface area contributed by atoms with E-state index in [-0.39, 0.29) is 12.0 Å². The highest BCUT2D eigenvalue weighted by Gasteiger charge is 2.24. The molecule has 0 saturated heterocycles. The normalized spacial score (nSPS) is 37.0. The fourth-order valence-corrected chi connectivity index (χ4v) is 2.27. The molecule has 0 saturated carbocycles. The first-order chi connectivity index (χ1) is 10.7. The maximum atomic E-state index is 11.8. The molecule has 1 heterocycles. The van der Waals surface area contributed by atoms with E-state index in [2.05, 4.69) is 0 Å². The van der Waals surface area contributed by atoms with Crippen molar-refractivity contribution in [3.63, 3.8) is 0 Å². The predicted octanol–water partition coefficient (Wildman–Crippen LogP) is 2.14. The van der Waals surface area contributed by atoms with Crippen molar-refractivity contribution in [1.29, 1.82) is 0 Å². The molecular weight excluding hydrogens is 296 g/mol. The van der Waals surface area contributed by atoms with Gasteiger partial charge in [0, 0.05) is 19.1 Å². The van der Waals surface area contributed by atoms with Crippen LogP contribution in [0.5, 0.6) is 0 Å². The van der Waals surface area contributed by atoms with E-state index in [0.717, 1.165) is 5.57 Å². The Labute approximate surface area is 138 Å². The number of ether oxygens (including phenoxy) is 2. The molecule has 5 nitrogen and oxygen atoms in total. The number of rotatable bonds is 1. The lowest BCUT2D eigenvalue weighted by molar-refractivity contribution is -0.146. The molecule has 0 radical (unpaired) electrons. The first-order valence-electron chi connectivity index (χ1n) is 7.85. The lowest BCUT2D eigenvalue weighted by atomic mass is 9.95. The third kappa shape index (κ3) is 6.29. The molecule has 5 heteroatoms. The van der Waals surface area contributed by atoms with Crippen molar-refractivity contribution < 1.29 is 24.5 Å². The zero-order chi connectivity index (χ0) is 17.6. The monoisotopic (exact) mass is 324 g/mol. The molecule has 0 aromatic rings. The van der Waals surface area contributed by atoms with Gasteiger partial charge in [0.2, 0.25) is 0 Å². The van der Waals surface area contributed by atoms with Gasteiger partial charge in [-0.3, -0.25) is 0 Å². The summed E-state index contributed by atoms with van der Waals surface area (Å²) < 4.78 is 10.7. The average molecular weight is 324 g/mol. The van der Waals surface area contributed by atoms with Crippen LogP contribution >= 0.6 is 0 Å². The minimum absolute atomic E-state index is 0.212. The second-order valence-electron chi connectivity index (χ2n) is 6.33. The zero-order valence-corrected chi connectivity index (χ0v) is 14.5. The molecule has 0 aromatic carbocycles. The van der Waals surface area contributed by atoms with E-state index in [1.165, 1.54) is 12.2 Å². The molecular formula is C18H28O5. The summed E-state index contributed by atoms with van der Waals surface area (Å²) in [6.07, 6.45) is 6.86. The van der Waals surface area contributed by atoms with Crippen molar-refractivity contribution in [2.75, 3.05) is 7.11 Å². The third-order valence-electron chi connectivity index (χ3n) is 4.20. The van der Waals surface area contributed by atoms with Crippen LogP contribution in [0.3, 0.4) is 0 Å². The number of hydrogen-bond donors (Lipinski definition) is 2. The number of cyclic esters (lactones) is 1. The van der Waals surface area contributed by atoms with E-state index in [1.54, 1.807) is 33.1 Å². The summed E-state index contributed by atoms with van der Waals surface area (Å²) in [4.78, 5) is 11.8. The van der Waals surface area contributed by atoms with Crippen molar-refractivity contribution >= 4 is 5.97 Å². The first-order valence-corrected chi connectivity index (χ1v) is 7.85. The van der Waals surface area contributed by atoms with Gasteiger partial charge in [0.25, 0.3) is 0 Å². The standard InChI is InChI=1S/C18H28O5/c1-12-6-7-15(19)13(2)14(3)23-17(20)9-11-18(4,21)10-8-16(12)22-5/h6,8-11,13-16,19,21H,7H2,1-5H3. The molecule has 2 N–H and O–H groups in total. The van der Waals surface area contributed by atoms with Crippen LogP contribution in [-0.2, 0) is 14.3 Å². The predicted molar refractivity (Wildman–Crippen MR) is 88.8 cm³/mol. The maximum Gasteiger partial charge on any atom is 0.330 e. The number of esters is 1. The number of carbonyl (C=O) groups excluding carboxylic acids is 1. The van der Waals surface area contributed by atoms with Gasteiger partial charge in [0.1, 0.15) is 6.10 Å². The van der Waals surface area contributed by atoms with Crippen LogP contribution in [0.4, 0.5) is 0 Å². The minimum Gasteiger partial charge on any atom is -0.459 e. The van der Waals surface area contributed by atoms with Gasteiger partial charge in [0.15, 0.2) is 0 Å². The molecule has 1 aliphatic rings. The molecule has 1 aliphatic heterocycles. The van der Waals surface area contributed by atoms with Gasteiger partial charge in [-0.25, -0.2) is 4.79 Å². The Morgan fingerprint density at radius 3 is 2.61 bits per heavy atom. The molecule has 0 aliphatic carbocycles. The highest BCUT2D eigenvalue weighted by molar-refractivity contribution is 5.82. The van der Waals surface area contributed by atoms with Crippen molar-refractivity contribution in [1.82, 2.24) is 0 Å². The topological polar surface area (TPSA) is 76.0 Å². The average Bonchev–Trinajstić information content (AvgIpc) is 2.49. The highest BCUT2D eigenvalue weighted by atomic mass is 16.5. The largest absolute Gasteiger partial charge is 0.459 e. The molecule has 1 rings (SSSR count). The number of aliphatic hydroxyl groups is 2. The molecule has 0 spiro atoms. The molecule has 0 amide bonds. The van der Waals surface area contributed by atoms with Crippen LogP contribution in [0, 0.1) is 5.92 Å². The Hall–Kier alpha value is -1.43. The van der Waals surface area contributed by atoms with Gasteiger partial charge in [0.05, 0.1) is 17.8 Å². The molecule has 0 fully saturated rings. The van der Waals surface area contributed by atoms with E-state index in [0.29, 0.717) is 6.42 Å². The van der Waals surface area contributed by atoms with Crippen LogP contribution in [-0.4, -0.2) is 47.2 Å². The van der Waals surface area contributed by atoms with Crippen LogP contribution in [0.2, 0.25) is 0 Å². The van der Waals surface area contributed by atoms with E-state index in [1.807, 2.05) is 19.9 Å². The minimum atomic E-state index is -1.28. The molecule has 0 bridgehead atoms. The first kappa shape index (κ1) is 19.6. The van der Waals surface area contributed by atoms with Crippen molar-refractivity contribution in [2.24, 2.45) is 5.92 Å². The van der Waals surface area contributed by atoms with Gasteiger partial charge in [-0.15, -0.1) is 0 Å². The van der Waals surface area contributed by atoms with E-state index in [4.69, 9.17) is 9.47 Å². The summed E-state index contributed by atoms with van der Waals surface area (Å²) in [5.74, 6) is -0.756. The molecule has 130 valence electrons. The van der Waals surface area contributed by atoms with E-state index in [9.17, 15) is 15.0 Å². The van der Waals surface area contributed by atoms with Gasteiger partial charge >= 0.3 is 5.97 Å².